The minimum absolute atomic E-state index is 0.00849. The number of piperidine rings is 1. The summed E-state index contributed by atoms with van der Waals surface area (Å²) < 4.78 is 5.35. The molecule has 1 aromatic heterocycles. The predicted molar refractivity (Wildman–Crippen MR) is 65.6 cm³/mol. The molecule has 5 nitrogen and oxygen atoms in total. The van der Waals surface area contributed by atoms with Crippen molar-refractivity contribution in [1.82, 2.24) is 9.88 Å². The Morgan fingerprint density at radius 2 is 2.11 bits per heavy atom. The molecule has 0 spiro atoms. The Balaban J connectivity index is 1.82. The standard InChI is InChI=1S/C13H16N2O3/c16-9-11-4-5-12(8-14-11)18-10-13(17)15-6-2-1-3-7-15/h4-5,8-9H,1-3,6-7,10H2. The summed E-state index contributed by atoms with van der Waals surface area (Å²) in [5, 5.41) is 0. The minimum atomic E-state index is 0.00849. The zero-order valence-corrected chi connectivity index (χ0v) is 10.2. The van der Waals surface area contributed by atoms with Crippen LogP contribution in [-0.2, 0) is 4.79 Å². The van der Waals surface area contributed by atoms with Crippen LogP contribution in [0, 0.1) is 0 Å². The van der Waals surface area contributed by atoms with Gasteiger partial charge in [0.1, 0.15) is 11.4 Å². The van der Waals surface area contributed by atoms with E-state index >= 15 is 0 Å². The van der Waals surface area contributed by atoms with Gasteiger partial charge >= 0.3 is 0 Å². The van der Waals surface area contributed by atoms with Crippen molar-refractivity contribution in [3.63, 3.8) is 0 Å². The lowest BCUT2D eigenvalue weighted by Gasteiger charge is -2.26. The van der Waals surface area contributed by atoms with Gasteiger partial charge in [-0.3, -0.25) is 9.59 Å². The third-order valence-corrected chi connectivity index (χ3v) is 2.95. The van der Waals surface area contributed by atoms with Crippen LogP contribution in [0.3, 0.4) is 0 Å². The first-order valence-electron chi connectivity index (χ1n) is 6.11. The van der Waals surface area contributed by atoms with Crippen molar-refractivity contribution in [2.24, 2.45) is 0 Å². The number of hydrogen-bond acceptors (Lipinski definition) is 4. The molecule has 1 saturated heterocycles. The normalized spacial score (nSPS) is 15.2. The maximum absolute atomic E-state index is 11.8. The molecular formula is C13H16N2O3. The Kier molecular flexibility index (Phi) is 4.28. The molecular weight excluding hydrogens is 232 g/mol. The van der Waals surface area contributed by atoms with Crippen LogP contribution < -0.4 is 4.74 Å². The molecule has 2 rings (SSSR count). The summed E-state index contributed by atoms with van der Waals surface area (Å²) in [6, 6.07) is 3.20. The number of hydrogen-bond donors (Lipinski definition) is 0. The molecule has 0 bridgehead atoms. The molecule has 0 atom stereocenters. The van der Waals surface area contributed by atoms with Gasteiger partial charge in [-0.25, -0.2) is 4.98 Å². The number of aldehydes is 1. The SMILES string of the molecule is O=Cc1ccc(OCC(=O)N2CCCCC2)cn1. The van der Waals surface area contributed by atoms with Gasteiger partial charge in [0.2, 0.25) is 0 Å². The van der Waals surface area contributed by atoms with Gasteiger partial charge in [0, 0.05) is 13.1 Å². The molecule has 1 aliphatic rings. The molecule has 18 heavy (non-hydrogen) atoms. The summed E-state index contributed by atoms with van der Waals surface area (Å²) in [6.07, 6.45) is 5.46. The van der Waals surface area contributed by atoms with Gasteiger partial charge in [-0.05, 0) is 31.4 Å². The summed E-state index contributed by atoms with van der Waals surface area (Å²) in [5.41, 5.74) is 0.352. The first kappa shape index (κ1) is 12.5. The van der Waals surface area contributed by atoms with Gasteiger partial charge in [0.15, 0.2) is 12.9 Å². The number of carbonyl (C=O) groups is 2. The van der Waals surface area contributed by atoms with E-state index in [0.29, 0.717) is 17.7 Å². The Bertz CT molecular complexity index is 411. The van der Waals surface area contributed by atoms with Crippen LogP contribution in [0.5, 0.6) is 5.75 Å². The van der Waals surface area contributed by atoms with E-state index in [1.165, 1.54) is 12.6 Å². The van der Waals surface area contributed by atoms with E-state index in [0.717, 1.165) is 25.9 Å². The van der Waals surface area contributed by atoms with Crippen LogP contribution in [0.4, 0.5) is 0 Å². The van der Waals surface area contributed by atoms with Crippen LogP contribution in [0.1, 0.15) is 29.8 Å². The average molecular weight is 248 g/mol. The lowest BCUT2D eigenvalue weighted by Crippen LogP contribution is -2.38. The summed E-state index contributed by atoms with van der Waals surface area (Å²) in [7, 11) is 0. The molecule has 1 aliphatic heterocycles. The van der Waals surface area contributed by atoms with E-state index in [4.69, 9.17) is 4.74 Å². The number of pyridine rings is 1. The lowest BCUT2D eigenvalue weighted by atomic mass is 10.1. The van der Waals surface area contributed by atoms with E-state index in [9.17, 15) is 9.59 Å². The highest BCUT2D eigenvalue weighted by molar-refractivity contribution is 5.77. The van der Waals surface area contributed by atoms with Crippen LogP contribution in [0.25, 0.3) is 0 Å². The quantitative estimate of drug-likeness (QED) is 0.753. The number of ether oxygens (including phenoxy) is 1. The summed E-state index contributed by atoms with van der Waals surface area (Å²) in [6.45, 7) is 1.68. The second-order valence-electron chi connectivity index (χ2n) is 4.27. The first-order chi connectivity index (χ1) is 8.79. The highest BCUT2D eigenvalue weighted by Gasteiger charge is 2.16. The molecule has 1 amide bonds. The molecule has 1 fully saturated rings. The van der Waals surface area contributed by atoms with Crippen molar-refractivity contribution >= 4 is 12.2 Å². The Labute approximate surface area is 106 Å². The smallest absolute Gasteiger partial charge is 0.260 e. The van der Waals surface area contributed by atoms with Crippen molar-refractivity contribution in [2.75, 3.05) is 19.7 Å². The van der Waals surface area contributed by atoms with Gasteiger partial charge in [-0.15, -0.1) is 0 Å². The van der Waals surface area contributed by atoms with Gasteiger partial charge in [0.05, 0.1) is 6.20 Å². The number of carbonyl (C=O) groups excluding carboxylic acids is 2. The number of amides is 1. The van der Waals surface area contributed by atoms with Gasteiger partial charge < -0.3 is 9.64 Å². The van der Waals surface area contributed by atoms with E-state index in [2.05, 4.69) is 4.98 Å². The second-order valence-corrected chi connectivity index (χ2v) is 4.27. The zero-order chi connectivity index (χ0) is 12.8. The lowest BCUT2D eigenvalue weighted by molar-refractivity contribution is -0.134. The van der Waals surface area contributed by atoms with Crippen LogP contribution in [0.2, 0.25) is 0 Å². The molecule has 1 aromatic rings. The van der Waals surface area contributed by atoms with Gasteiger partial charge in [-0.1, -0.05) is 0 Å². The molecule has 0 radical (unpaired) electrons. The first-order valence-corrected chi connectivity index (χ1v) is 6.11. The highest BCUT2D eigenvalue weighted by Crippen LogP contribution is 2.11. The Hall–Kier alpha value is -1.91. The Morgan fingerprint density at radius 3 is 2.72 bits per heavy atom. The molecule has 0 aromatic carbocycles. The largest absolute Gasteiger partial charge is 0.482 e. The summed E-state index contributed by atoms with van der Waals surface area (Å²) in [5.74, 6) is 0.514. The molecule has 0 unspecified atom stereocenters. The summed E-state index contributed by atoms with van der Waals surface area (Å²) >= 11 is 0. The fourth-order valence-corrected chi connectivity index (χ4v) is 1.93. The third kappa shape index (κ3) is 3.29. The topological polar surface area (TPSA) is 59.5 Å². The maximum atomic E-state index is 11.8. The van der Waals surface area contributed by atoms with E-state index in [1.54, 1.807) is 12.1 Å². The molecule has 2 heterocycles. The molecule has 5 heteroatoms. The highest BCUT2D eigenvalue weighted by atomic mass is 16.5. The zero-order valence-electron chi connectivity index (χ0n) is 10.2. The molecule has 0 N–H and O–H groups in total. The number of rotatable bonds is 4. The van der Waals surface area contributed by atoms with Gasteiger partial charge in [-0.2, -0.15) is 0 Å². The minimum Gasteiger partial charge on any atom is -0.482 e. The van der Waals surface area contributed by atoms with Crippen LogP contribution >= 0.6 is 0 Å². The molecule has 96 valence electrons. The predicted octanol–water partition coefficient (Wildman–Crippen LogP) is 1.29. The van der Waals surface area contributed by atoms with Crippen LogP contribution in [-0.4, -0.2) is 41.8 Å². The number of likely N-dealkylation sites (tertiary alicyclic amines) is 1. The van der Waals surface area contributed by atoms with E-state index < -0.39 is 0 Å². The fourth-order valence-electron chi connectivity index (χ4n) is 1.93. The Morgan fingerprint density at radius 1 is 1.33 bits per heavy atom. The van der Waals surface area contributed by atoms with E-state index in [1.807, 2.05) is 4.90 Å². The number of nitrogens with zero attached hydrogens (tertiary/aromatic N) is 2. The van der Waals surface area contributed by atoms with Crippen molar-refractivity contribution in [3.8, 4) is 5.75 Å². The molecule has 0 aliphatic carbocycles. The molecule has 0 saturated carbocycles. The maximum Gasteiger partial charge on any atom is 0.260 e. The van der Waals surface area contributed by atoms with Crippen LogP contribution in [0.15, 0.2) is 18.3 Å². The monoisotopic (exact) mass is 248 g/mol. The van der Waals surface area contributed by atoms with Crippen molar-refractivity contribution in [1.29, 1.82) is 0 Å². The van der Waals surface area contributed by atoms with Gasteiger partial charge in [0.25, 0.3) is 5.91 Å². The average Bonchev–Trinajstić information content (AvgIpc) is 2.46. The van der Waals surface area contributed by atoms with Crippen molar-refractivity contribution in [3.05, 3.63) is 24.0 Å². The third-order valence-electron chi connectivity index (χ3n) is 2.95. The fraction of sp³-hybridized carbons (Fsp3) is 0.462. The summed E-state index contributed by atoms with van der Waals surface area (Å²) in [4.78, 5) is 27.9. The number of aromatic nitrogens is 1. The van der Waals surface area contributed by atoms with Crippen molar-refractivity contribution in [2.45, 2.75) is 19.3 Å². The second kappa shape index (κ2) is 6.14. The van der Waals surface area contributed by atoms with Crippen molar-refractivity contribution < 1.29 is 14.3 Å². The van der Waals surface area contributed by atoms with E-state index in [-0.39, 0.29) is 12.5 Å².